The van der Waals surface area contributed by atoms with Gasteiger partial charge in [-0.2, -0.15) is 26.3 Å². The van der Waals surface area contributed by atoms with E-state index in [1.165, 1.54) is 12.1 Å². The average molecular weight is 398 g/mol. The molecule has 2 nitrogen and oxygen atoms in total. The van der Waals surface area contributed by atoms with E-state index in [2.05, 4.69) is 24.4 Å². The summed E-state index contributed by atoms with van der Waals surface area (Å²) in [7, 11) is -1.43. The molecule has 9 heteroatoms. The number of alkyl halides is 6. The molecule has 1 aromatic rings. The van der Waals surface area contributed by atoms with Crippen LogP contribution < -0.4 is 0 Å². The highest BCUT2D eigenvalue weighted by molar-refractivity contribution is 6.76. The van der Waals surface area contributed by atoms with Crippen molar-refractivity contribution in [2.24, 2.45) is 0 Å². The summed E-state index contributed by atoms with van der Waals surface area (Å²) >= 11 is 0. The lowest BCUT2D eigenvalue weighted by molar-refractivity contribution is -0.205. The first-order valence-corrected chi connectivity index (χ1v) is 11.5. The first-order chi connectivity index (χ1) is 11.7. The van der Waals surface area contributed by atoms with Crippen molar-refractivity contribution >= 4 is 14.0 Å². The molecule has 0 fully saturated rings. The third kappa shape index (κ3) is 7.63. The molecule has 0 saturated heterocycles. The van der Waals surface area contributed by atoms with Crippen LogP contribution in [0.2, 0.25) is 25.7 Å². The van der Waals surface area contributed by atoms with Crippen molar-refractivity contribution in [1.29, 1.82) is 0 Å². The number of hydrogen-bond acceptors (Lipinski definition) is 2. The number of rotatable bonds is 6. The second-order valence-corrected chi connectivity index (χ2v) is 12.5. The van der Waals surface area contributed by atoms with Gasteiger partial charge in [0.1, 0.15) is 6.10 Å². The summed E-state index contributed by atoms with van der Waals surface area (Å²) in [6.07, 6.45) is -8.18. The van der Waals surface area contributed by atoms with Crippen LogP contribution in [-0.2, 0) is 15.7 Å². The van der Waals surface area contributed by atoms with Gasteiger partial charge in [-0.25, -0.2) is 4.79 Å². The van der Waals surface area contributed by atoms with Gasteiger partial charge in [-0.1, -0.05) is 43.9 Å². The molecule has 0 aliphatic carbocycles. The van der Waals surface area contributed by atoms with Gasteiger partial charge in [-0.05, 0) is 23.7 Å². The molecule has 1 rings (SSSR count). The summed E-state index contributed by atoms with van der Waals surface area (Å²) in [5, 5.41) is 0. The van der Waals surface area contributed by atoms with Gasteiger partial charge in [0, 0.05) is 14.5 Å². The topological polar surface area (TPSA) is 26.3 Å². The van der Waals surface area contributed by atoms with Crippen LogP contribution in [0.5, 0.6) is 0 Å². The third-order valence-corrected chi connectivity index (χ3v) is 4.77. The fourth-order valence-electron chi connectivity index (χ4n) is 2.02. The standard InChI is InChI=1S/C17H20F6O2Si/c1-26(2,3)10-5-4-9-14(25-15(24)17(21,22)23)12-7-6-8-13(11-12)16(18,19)20/h4-8,11,14H,9-10H2,1-3H3/b5-4+. The Morgan fingerprint density at radius 2 is 1.73 bits per heavy atom. The van der Waals surface area contributed by atoms with Crippen molar-refractivity contribution in [2.45, 2.75) is 50.6 Å². The van der Waals surface area contributed by atoms with Crippen LogP contribution >= 0.6 is 0 Å². The van der Waals surface area contributed by atoms with Crippen molar-refractivity contribution in [3.05, 3.63) is 47.5 Å². The number of allylic oxidation sites excluding steroid dienone is 1. The van der Waals surface area contributed by atoms with Crippen molar-refractivity contribution < 1.29 is 35.9 Å². The highest BCUT2D eigenvalue weighted by atomic mass is 28.3. The summed E-state index contributed by atoms with van der Waals surface area (Å²) in [6, 6.07) is 4.51. The number of hydrogen-bond donors (Lipinski definition) is 0. The molecule has 0 amide bonds. The van der Waals surface area contributed by atoms with E-state index in [9.17, 15) is 31.1 Å². The van der Waals surface area contributed by atoms with E-state index in [1.807, 2.05) is 0 Å². The Hall–Kier alpha value is -1.77. The zero-order valence-electron chi connectivity index (χ0n) is 14.5. The highest BCUT2D eigenvalue weighted by Gasteiger charge is 2.42. The first kappa shape index (κ1) is 22.3. The molecule has 146 valence electrons. The second-order valence-electron chi connectivity index (χ2n) is 6.99. The van der Waals surface area contributed by atoms with Crippen LogP contribution in [0.3, 0.4) is 0 Å². The van der Waals surface area contributed by atoms with Gasteiger partial charge in [0.2, 0.25) is 0 Å². The fourth-order valence-corrected chi connectivity index (χ4v) is 2.89. The molecule has 0 aliphatic rings. The minimum atomic E-state index is -5.22. The number of halogens is 6. The summed E-state index contributed by atoms with van der Waals surface area (Å²) in [4.78, 5) is 11.1. The molecule has 0 N–H and O–H groups in total. The Labute approximate surface area is 148 Å². The third-order valence-electron chi connectivity index (χ3n) is 3.31. The predicted octanol–water partition coefficient (Wildman–Crippen LogP) is 6.14. The average Bonchev–Trinajstić information content (AvgIpc) is 2.47. The molecule has 0 saturated carbocycles. The van der Waals surface area contributed by atoms with Gasteiger partial charge in [0.15, 0.2) is 0 Å². The monoisotopic (exact) mass is 398 g/mol. The molecule has 1 atom stereocenters. The van der Waals surface area contributed by atoms with Gasteiger partial charge >= 0.3 is 18.3 Å². The number of carbonyl (C=O) groups is 1. The van der Waals surface area contributed by atoms with E-state index in [0.29, 0.717) is 6.07 Å². The van der Waals surface area contributed by atoms with Crippen LogP contribution in [0.1, 0.15) is 23.7 Å². The van der Waals surface area contributed by atoms with Gasteiger partial charge in [0.05, 0.1) is 5.56 Å². The normalized spacial score (nSPS) is 14.5. The van der Waals surface area contributed by atoms with Crippen molar-refractivity contribution in [1.82, 2.24) is 0 Å². The quantitative estimate of drug-likeness (QED) is 0.249. The van der Waals surface area contributed by atoms with E-state index in [0.717, 1.165) is 18.2 Å². The van der Waals surface area contributed by atoms with Gasteiger partial charge in [-0.3, -0.25) is 0 Å². The Kier molecular flexibility index (Phi) is 7.09. The van der Waals surface area contributed by atoms with Crippen LogP contribution in [0, 0.1) is 0 Å². The largest absolute Gasteiger partial charge is 0.490 e. The van der Waals surface area contributed by atoms with E-state index >= 15 is 0 Å². The maximum Gasteiger partial charge on any atom is 0.490 e. The number of carbonyl (C=O) groups excluding carboxylic acids is 1. The maximum absolute atomic E-state index is 12.8. The van der Waals surface area contributed by atoms with Crippen LogP contribution in [0.15, 0.2) is 36.4 Å². The summed E-state index contributed by atoms with van der Waals surface area (Å²) in [5.41, 5.74) is -1.16. The molecule has 0 aliphatic heterocycles. The van der Waals surface area contributed by atoms with Crippen LogP contribution in [0.4, 0.5) is 26.3 Å². The fraction of sp³-hybridized carbons (Fsp3) is 0.471. The van der Waals surface area contributed by atoms with Gasteiger partial charge in [-0.15, -0.1) is 0 Å². The SMILES string of the molecule is C[Si](C)(C)C/C=C/CC(OC(=O)C(F)(F)F)c1cccc(C(F)(F)F)c1. The van der Waals surface area contributed by atoms with Gasteiger partial charge in [0.25, 0.3) is 0 Å². The molecule has 0 aromatic heterocycles. The van der Waals surface area contributed by atoms with Gasteiger partial charge < -0.3 is 4.74 Å². The van der Waals surface area contributed by atoms with Crippen molar-refractivity contribution in [2.75, 3.05) is 0 Å². The second kappa shape index (κ2) is 8.28. The Balaban J connectivity index is 3.06. The number of benzene rings is 1. The lowest BCUT2D eigenvalue weighted by atomic mass is 10.0. The van der Waals surface area contributed by atoms with E-state index in [1.54, 1.807) is 6.08 Å². The summed E-state index contributed by atoms with van der Waals surface area (Å²) < 4.78 is 80.3. The smallest absolute Gasteiger partial charge is 0.451 e. The summed E-state index contributed by atoms with van der Waals surface area (Å²) in [5.74, 6) is -2.43. The Bertz CT molecular complexity index is 644. The molecule has 1 unspecified atom stereocenters. The van der Waals surface area contributed by atoms with Crippen LogP contribution in [-0.4, -0.2) is 20.2 Å². The first-order valence-electron chi connectivity index (χ1n) is 7.80. The lowest BCUT2D eigenvalue weighted by Gasteiger charge is -2.19. The number of ether oxygens (including phenoxy) is 1. The van der Waals surface area contributed by atoms with Crippen molar-refractivity contribution in [3.8, 4) is 0 Å². The van der Waals surface area contributed by atoms with Crippen molar-refractivity contribution in [3.63, 3.8) is 0 Å². The molecular formula is C17H20F6O2Si. The Morgan fingerprint density at radius 3 is 2.23 bits per heavy atom. The molecule has 0 spiro atoms. The molecule has 1 aromatic carbocycles. The molecular weight excluding hydrogens is 378 g/mol. The zero-order chi connectivity index (χ0) is 20.2. The minimum Gasteiger partial charge on any atom is -0.451 e. The molecule has 0 bridgehead atoms. The number of esters is 1. The van der Waals surface area contributed by atoms with Crippen LogP contribution in [0.25, 0.3) is 0 Å². The molecule has 0 heterocycles. The Morgan fingerprint density at radius 1 is 1.12 bits per heavy atom. The van der Waals surface area contributed by atoms with E-state index in [-0.39, 0.29) is 12.0 Å². The lowest BCUT2D eigenvalue weighted by Crippen LogP contribution is -2.27. The molecule has 0 radical (unpaired) electrons. The summed E-state index contributed by atoms with van der Waals surface area (Å²) in [6.45, 7) is 6.27. The van der Waals surface area contributed by atoms with E-state index < -0.39 is 38.1 Å². The maximum atomic E-state index is 12.8. The van der Waals surface area contributed by atoms with E-state index in [4.69, 9.17) is 0 Å². The predicted molar refractivity (Wildman–Crippen MR) is 88.2 cm³/mol. The molecule has 26 heavy (non-hydrogen) atoms. The highest BCUT2D eigenvalue weighted by Crippen LogP contribution is 2.33. The zero-order valence-corrected chi connectivity index (χ0v) is 15.5. The minimum absolute atomic E-state index is 0.143.